The Kier molecular flexibility index (Phi) is 6.37. The number of benzene rings is 2. The zero-order valence-corrected chi connectivity index (χ0v) is 18.2. The molecular weight excluding hydrogens is 412 g/mol. The van der Waals surface area contributed by atoms with Gasteiger partial charge in [0.25, 0.3) is 0 Å². The first-order valence-corrected chi connectivity index (χ1v) is 11.1. The summed E-state index contributed by atoms with van der Waals surface area (Å²) >= 11 is 0. The molecule has 0 spiro atoms. The van der Waals surface area contributed by atoms with Gasteiger partial charge in [0.05, 0.1) is 28.8 Å². The van der Waals surface area contributed by atoms with E-state index in [1.54, 1.807) is 44.3 Å². The summed E-state index contributed by atoms with van der Waals surface area (Å²) in [6.45, 7) is 4.63. The second-order valence-corrected chi connectivity index (χ2v) is 9.48. The van der Waals surface area contributed by atoms with Gasteiger partial charge in [-0.05, 0) is 48.7 Å². The summed E-state index contributed by atoms with van der Waals surface area (Å²) in [5.41, 5.74) is 4.47. The van der Waals surface area contributed by atoms with Gasteiger partial charge in [-0.25, -0.2) is 8.42 Å². The number of anilines is 2. The van der Waals surface area contributed by atoms with E-state index < -0.39 is 15.3 Å². The Hall–Kier alpha value is -3.70. The highest BCUT2D eigenvalue weighted by Crippen LogP contribution is 2.32. The predicted octanol–water partition coefficient (Wildman–Crippen LogP) is 4.40. The van der Waals surface area contributed by atoms with Crippen LogP contribution < -0.4 is 10.0 Å². The molecule has 2 N–H and O–H groups in total. The number of amides is 1. The fourth-order valence-corrected chi connectivity index (χ4v) is 3.70. The number of rotatable bonds is 6. The third-order valence-electron chi connectivity index (χ3n) is 4.66. The van der Waals surface area contributed by atoms with E-state index >= 15 is 0 Å². The molecule has 0 saturated carbocycles. The van der Waals surface area contributed by atoms with Gasteiger partial charge in [0.2, 0.25) is 15.9 Å². The second-order valence-electron chi connectivity index (χ2n) is 7.25. The van der Waals surface area contributed by atoms with Crippen molar-refractivity contribution in [3.63, 3.8) is 0 Å². The summed E-state index contributed by atoms with van der Waals surface area (Å²) in [5, 5.41) is 11.6. The maximum Gasteiger partial charge on any atom is 0.235 e. The summed E-state index contributed by atoms with van der Waals surface area (Å²) in [6, 6.07) is 16.5. The highest BCUT2D eigenvalue weighted by atomic mass is 32.2. The fraction of sp³-hybridized carbons (Fsp3) is 0.174. The van der Waals surface area contributed by atoms with Gasteiger partial charge >= 0.3 is 0 Å². The number of aromatic nitrogens is 1. The summed E-state index contributed by atoms with van der Waals surface area (Å²) in [4.78, 5) is 15.3. The quantitative estimate of drug-likeness (QED) is 0.597. The number of pyridine rings is 1. The molecule has 0 saturated heterocycles. The topological polar surface area (TPSA) is 112 Å². The van der Waals surface area contributed by atoms with Gasteiger partial charge < -0.3 is 5.32 Å². The lowest BCUT2D eigenvalue weighted by molar-refractivity contribution is -0.114. The van der Waals surface area contributed by atoms with Crippen LogP contribution in [0.2, 0.25) is 0 Å². The first-order valence-electron chi connectivity index (χ1n) is 9.59. The van der Waals surface area contributed by atoms with Crippen LogP contribution in [0.15, 0.2) is 60.9 Å². The zero-order valence-electron chi connectivity index (χ0n) is 17.4. The number of carbonyl (C=O) groups excluding carboxylic acids is 1. The van der Waals surface area contributed by atoms with Crippen molar-refractivity contribution in [3.05, 3.63) is 66.5 Å². The first kappa shape index (κ1) is 22.0. The molecule has 0 radical (unpaired) electrons. The van der Waals surface area contributed by atoms with Crippen molar-refractivity contribution in [2.45, 2.75) is 26.0 Å². The molecule has 0 fully saturated rings. The molecule has 0 aliphatic carbocycles. The lowest BCUT2D eigenvalue weighted by atomic mass is 9.97. The monoisotopic (exact) mass is 434 g/mol. The normalized spacial score (nSPS) is 11.1. The molecule has 0 bridgehead atoms. The molecule has 0 aliphatic rings. The molecule has 31 heavy (non-hydrogen) atoms. The van der Waals surface area contributed by atoms with Crippen molar-refractivity contribution >= 4 is 27.3 Å². The van der Waals surface area contributed by atoms with Crippen LogP contribution in [0.3, 0.4) is 0 Å². The summed E-state index contributed by atoms with van der Waals surface area (Å²) < 4.78 is 27.2. The van der Waals surface area contributed by atoms with Crippen LogP contribution >= 0.6 is 0 Å². The van der Waals surface area contributed by atoms with Crippen molar-refractivity contribution in [1.29, 1.82) is 5.26 Å². The lowest BCUT2D eigenvalue weighted by Crippen LogP contribution is -2.22. The Labute approximate surface area is 181 Å². The van der Waals surface area contributed by atoms with Gasteiger partial charge in [-0.15, -0.1) is 0 Å². The van der Waals surface area contributed by atoms with Gasteiger partial charge in [-0.3, -0.25) is 14.5 Å². The molecule has 158 valence electrons. The van der Waals surface area contributed by atoms with Crippen LogP contribution in [0, 0.1) is 11.3 Å². The smallest absolute Gasteiger partial charge is 0.235 e. The number of nitrogens with zero attached hydrogens (tertiary/aromatic N) is 2. The van der Waals surface area contributed by atoms with Crippen molar-refractivity contribution in [1.82, 2.24) is 4.98 Å². The number of sulfonamides is 1. The first-order chi connectivity index (χ1) is 14.7. The van der Waals surface area contributed by atoms with Crippen LogP contribution in [0.25, 0.3) is 22.3 Å². The minimum atomic E-state index is -3.51. The van der Waals surface area contributed by atoms with Gasteiger partial charge in [-0.1, -0.05) is 30.3 Å². The van der Waals surface area contributed by atoms with Gasteiger partial charge in [0.15, 0.2) is 0 Å². The van der Waals surface area contributed by atoms with Crippen LogP contribution in [-0.4, -0.2) is 24.6 Å². The molecule has 0 aliphatic heterocycles. The molecule has 7 nitrogen and oxygen atoms in total. The summed E-state index contributed by atoms with van der Waals surface area (Å²) in [7, 11) is -3.51. The SMILES string of the molecule is CC(=O)Nc1ccc(-c2ccc(-c3ccncc3NS(=O)(=O)C(C)C)cc2)c(C#N)c1. The van der Waals surface area contributed by atoms with E-state index in [-0.39, 0.29) is 5.91 Å². The van der Waals surface area contributed by atoms with Crippen LogP contribution in [0.5, 0.6) is 0 Å². The molecule has 0 unspecified atom stereocenters. The van der Waals surface area contributed by atoms with E-state index in [9.17, 15) is 18.5 Å². The largest absolute Gasteiger partial charge is 0.326 e. The number of nitriles is 1. The minimum Gasteiger partial charge on any atom is -0.326 e. The van der Waals surface area contributed by atoms with Crippen LogP contribution in [0.1, 0.15) is 26.3 Å². The number of hydrogen-bond donors (Lipinski definition) is 2. The Bertz CT molecular complexity index is 1260. The van der Waals surface area contributed by atoms with E-state index in [0.717, 1.165) is 16.7 Å². The van der Waals surface area contributed by atoms with E-state index in [1.807, 2.05) is 24.3 Å². The van der Waals surface area contributed by atoms with Gasteiger partial charge in [0, 0.05) is 24.4 Å². The summed E-state index contributed by atoms with van der Waals surface area (Å²) in [5.74, 6) is -0.206. The van der Waals surface area contributed by atoms with Crippen molar-refractivity contribution in [3.8, 4) is 28.3 Å². The molecule has 2 aromatic carbocycles. The van der Waals surface area contributed by atoms with Crippen molar-refractivity contribution in [2.75, 3.05) is 10.0 Å². The molecule has 1 aromatic heterocycles. The van der Waals surface area contributed by atoms with E-state index in [2.05, 4.69) is 21.1 Å². The molecule has 1 amide bonds. The van der Waals surface area contributed by atoms with Crippen molar-refractivity contribution < 1.29 is 13.2 Å². The van der Waals surface area contributed by atoms with Crippen LogP contribution in [-0.2, 0) is 14.8 Å². The number of carbonyl (C=O) groups is 1. The van der Waals surface area contributed by atoms with E-state index in [0.29, 0.717) is 22.5 Å². The van der Waals surface area contributed by atoms with Crippen LogP contribution in [0.4, 0.5) is 11.4 Å². The highest BCUT2D eigenvalue weighted by Gasteiger charge is 2.18. The molecule has 0 atom stereocenters. The average molecular weight is 435 g/mol. The Morgan fingerprint density at radius 1 is 1.03 bits per heavy atom. The average Bonchev–Trinajstić information content (AvgIpc) is 2.73. The highest BCUT2D eigenvalue weighted by molar-refractivity contribution is 7.93. The lowest BCUT2D eigenvalue weighted by Gasteiger charge is -2.14. The molecular formula is C23H22N4O3S. The third-order valence-corrected chi connectivity index (χ3v) is 6.41. The number of nitrogens with one attached hydrogen (secondary N) is 2. The second kappa shape index (κ2) is 8.98. The predicted molar refractivity (Wildman–Crippen MR) is 122 cm³/mol. The maximum absolute atomic E-state index is 12.3. The standard InChI is InChI=1S/C23H22N4O3S/c1-15(2)31(29,30)27-23-14-25-11-10-22(23)18-6-4-17(5-7-18)21-9-8-20(26-16(3)28)12-19(21)13-24/h4-12,14-15,27H,1-3H3,(H,26,28). The zero-order chi connectivity index (χ0) is 22.6. The summed E-state index contributed by atoms with van der Waals surface area (Å²) in [6.07, 6.45) is 3.09. The molecule has 8 heteroatoms. The Morgan fingerprint density at radius 3 is 2.26 bits per heavy atom. The minimum absolute atomic E-state index is 0.206. The maximum atomic E-state index is 12.3. The molecule has 1 heterocycles. The molecule has 3 aromatic rings. The van der Waals surface area contributed by atoms with E-state index in [1.165, 1.54) is 13.1 Å². The third kappa shape index (κ3) is 5.08. The van der Waals surface area contributed by atoms with E-state index in [4.69, 9.17) is 0 Å². The Morgan fingerprint density at radius 2 is 1.68 bits per heavy atom. The Balaban J connectivity index is 1.95. The molecule has 3 rings (SSSR count). The number of hydrogen-bond acceptors (Lipinski definition) is 5. The van der Waals surface area contributed by atoms with Gasteiger partial charge in [0.1, 0.15) is 0 Å². The van der Waals surface area contributed by atoms with Crippen molar-refractivity contribution in [2.24, 2.45) is 0 Å². The fourth-order valence-electron chi connectivity index (χ4n) is 3.00. The van der Waals surface area contributed by atoms with Gasteiger partial charge in [-0.2, -0.15) is 5.26 Å².